The zero-order chi connectivity index (χ0) is 20.1. The maximum atomic E-state index is 13.4. The molecule has 7 heteroatoms. The zero-order valence-corrected chi connectivity index (χ0v) is 18.3. The molecule has 0 radical (unpaired) electrons. The highest BCUT2D eigenvalue weighted by Gasteiger charge is 2.23. The number of anilines is 1. The summed E-state index contributed by atoms with van der Waals surface area (Å²) in [5.74, 6) is 1.69. The topological polar surface area (TPSA) is 46.9 Å². The first-order chi connectivity index (χ1) is 13.5. The van der Waals surface area contributed by atoms with E-state index in [4.69, 9.17) is 9.72 Å². The number of methoxy groups -OCH3 is 1. The molecule has 28 heavy (non-hydrogen) atoms. The van der Waals surface area contributed by atoms with E-state index in [-0.39, 0.29) is 5.91 Å². The van der Waals surface area contributed by atoms with Crippen molar-refractivity contribution in [3.63, 3.8) is 0 Å². The van der Waals surface area contributed by atoms with Crippen molar-refractivity contribution in [1.29, 1.82) is 0 Å². The summed E-state index contributed by atoms with van der Waals surface area (Å²) < 4.78 is 6.45. The molecule has 2 aromatic carbocycles. The number of fused-ring (bicyclic) bond motifs is 1. The highest BCUT2D eigenvalue weighted by molar-refractivity contribution is 7.99. The van der Waals surface area contributed by atoms with Crippen molar-refractivity contribution in [1.82, 2.24) is 4.98 Å². The monoisotopic (exact) mass is 416 g/mol. The third kappa shape index (κ3) is 4.66. The van der Waals surface area contributed by atoms with Gasteiger partial charge in [-0.3, -0.25) is 9.69 Å². The quantitative estimate of drug-likeness (QED) is 0.573. The van der Waals surface area contributed by atoms with Crippen LogP contribution in [0.2, 0.25) is 0 Å². The molecular weight excluding hydrogens is 390 g/mol. The molecule has 3 aromatic rings. The smallest absolute Gasteiger partial charge is 0.260 e. The maximum Gasteiger partial charge on any atom is 0.260 e. The first-order valence-corrected chi connectivity index (χ1v) is 11.1. The summed E-state index contributed by atoms with van der Waals surface area (Å²) in [6, 6.07) is 13.7. The van der Waals surface area contributed by atoms with Gasteiger partial charge in [0, 0.05) is 10.5 Å². The molecule has 0 atom stereocenters. The fraction of sp³-hybridized carbons (Fsp3) is 0.333. The van der Waals surface area contributed by atoms with E-state index in [9.17, 15) is 4.79 Å². The molecule has 1 N–H and O–H groups in total. The number of rotatable bonds is 8. The van der Waals surface area contributed by atoms with Crippen LogP contribution in [0.15, 0.2) is 47.4 Å². The van der Waals surface area contributed by atoms with Crippen LogP contribution in [0.25, 0.3) is 10.2 Å². The summed E-state index contributed by atoms with van der Waals surface area (Å²) in [5, 5.41) is 0.708. The average molecular weight is 417 g/mol. The molecule has 0 spiro atoms. The highest BCUT2D eigenvalue weighted by atomic mass is 32.2. The van der Waals surface area contributed by atoms with Gasteiger partial charge >= 0.3 is 0 Å². The van der Waals surface area contributed by atoms with E-state index in [1.807, 2.05) is 42.5 Å². The molecule has 148 valence electrons. The van der Waals surface area contributed by atoms with E-state index >= 15 is 0 Å². The zero-order valence-electron chi connectivity index (χ0n) is 16.7. The predicted molar refractivity (Wildman–Crippen MR) is 118 cm³/mol. The molecule has 1 aromatic heterocycles. The van der Waals surface area contributed by atoms with Gasteiger partial charge in [-0.1, -0.05) is 30.4 Å². The van der Waals surface area contributed by atoms with Gasteiger partial charge in [-0.25, -0.2) is 4.98 Å². The molecule has 0 aliphatic rings. The molecule has 0 saturated carbocycles. The van der Waals surface area contributed by atoms with Crippen LogP contribution in [-0.2, 0) is 0 Å². The Labute approximate surface area is 174 Å². The highest BCUT2D eigenvalue weighted by Crippen LogP contribution is 2.34. The molecule has 1 amide bonds. The van der Waals surface area contributed by atoms with Gasteiger partial charge < -0.3 is 9.64 Å². The number of para-hydroxylation sites is 1. The first kappa shape index (κ1) is 20.6. The number of nitrogens with zero attached hydrogens (tertiary/aromatic N) is 2. The molecule has 0 aliphatic carbocycles. The van der Waals surface area contributed by atoms with Crippen LogP contribution < -0.4 is 14.5 Å². The van der Waals surface area contributed by atoms with Gasteiger partial charge in [-0.2, -0.15) is 0 Å². The van der Waals surface area contributed by atoms with Crippen molar-refractivity contribution in [2.24, 2.45) is 0 Å². The van der Waals surface area contributed by atoms with Gasteiger partial charge in [0.25, 0.3) is 5.91 Å². The van der Waals surface area contributed by atoms with E-state index in [0.29, 0.717) is 17.2 Å². The van der Waals surface area contributed by atoms with Crippen LogP contribution in [0.3, 0.4) is 0 Å². The Hall–Kier alpha value is -2.09. The number of quaternary nitrogens is 1. The Morgan fingerprint density at radius 3 is 2.75 bits per heavy atom. The molecule has 0 aliphatic heterocycles. The average Bonchev–Trinajstić information content (AvgIpc) is 3.12. The van der Waals surface area contributed by atoms with Crippen LogP contribution in [0.1, 0.15) is 17.3 Å². The Morgan fingerprint density at radius 2 is 2.04 bits per heavy atom. The molecule has 0 bridgehead atoms. The molecule has 0 fully saturated rings. The number of hydrogen-bond donors (Lipinski definition) is 1. The first-order valence-electron chi connectivity index (χ1n) is 9.30. The minimum atomic E-state index is -0.0159. The van der Waals surface area contributed by atoms with Crippen LogP contribution in [0.4, 0.5) is 5.13 Å². The van der Waals surface area contributed by atoms with Crippen molar-refractivity contribution in [2.45, 2.75) is 11.8 Å². The largest absolute Gasteiger partial charge is 0.494 e. The summed E-state index contributed by atoms with van der Waals surface area (Å²) in [6.45, 7) is 3.55. The molecule has 5 nitrogen and oxygen atoms in total. The fourth-order valence-electron chi connectivity index (χ4n) is 2.85. The van der Waals surface area contributed by atoms with Crippen LogP contribution in [0.5, 0.6) is 5.75 Å². The SMILES string of the molecule is CCSc1cccc(C(=O)N(CC[NH+](C)C)c2nc3c(OC)cccc3s2)c1. The second-order valence-corrected chi connectivity index (χ2v) is 9.02. The van der Waals surface area contributed by atoms with E-state index in [2.05, 4.69) is 21.0 Å². The molecule has 1 heterocycles. The lowest BCUT2D eigenvalue weighted by Gasteiger charge is -2.21. The minimum Gasteiger partial charge on any atom is -0.494 e. The van der Waals surface area contributed by atoms with E-state index in [1.54, 1.807) is 23.8 Å². The second kappa shape index (κ2) is 9.41. The molecule has 3 rings (SSSR count). The predicted octanol–water partition coefficient (Wildman–Crippen LogP) is 3.21. The van der Waals surface area contributed by atoms with Crippen molar-refractivity contribution >= 4 is 44.4 Å². The van der Waals surface area contributed by atoms with Crippen LogP contribution in [-0.4, -0.2) is 50.9 Å². The molecule has 0 saturated heterocycles. The maximum absolute atomic E-state index is 13.4. The van der Waals surface area contributed by atoms with Gasteiger partial charge in [0.1, 0.15) is 11.3 Å². The number of hydrogen-bond acceptors (Lipinski definition) is 5. The third-order valence-electron chi connectivity index (χ3n) is 4.29. The van der Waals surface area contributed by atoms with Crippen molar-refractivity contribution in [3.8, 4) is 5.75 Å². The van der Waals surface area contributed by atoms with E-state index in [0.717, 1.165) is 33.2 Å². The Morgan fingerprint density at radius 1 is 1.25 bits per heavy atom. The number of nitrogens with one attached hydrogen (secondary N) is 1. The van der Waals surface area contributed by atoms with Crippen LogP contribution in [0, 0.1) is 0 Å². The summed E-state index contributed by atoms with van der Waals surface area (Å²) >= 11 is 3.26. The second-order valence-electron chi connectivity index (χ2n) is 6.68. The lowest BCUT2D eigenvalue weighted by Crippen LogP contribution is -3.06. The molecular formula is C21H26N3O2S2+. The Bertz CT molecular complexity index is 956. The van der Waals surface area contributed by atoms with Gasteiger partial charge in [-0.15, -0.1) is 11.8 Å². The lowest BCUT2D eigenvalue weighted by molar-refractivity contribution is -0.856. The summed E-state index contributed by atoms with van der Waals surface area (Å²) in [4.78, 5) is 22.3. The standard InChI is InChI=1S/C21H25N3O2S2/c1-5-27-16-9-6-8-15(14-16)20(25)24(13-12-23(2)3)21-22-19-17(26-4)10-7-11-18(19)28-21/h6-11,14H,5,12-13H2,1-4H3/p+1. The number of thioether (sulfide) groups is 1. The number of ether oxygens (including phenoxy) is 1. The van der Waals surface area contributed by atoms with Gasteiger partial charge in [0.05, 0.1) is 39.0 Å². The number of thiazole rings is 1. The Balaban J connectivity index is 1.99. The van der Waals surface area contributed by atoms with E-state index in [1.165, 1.54) is 16.2 Å². The normalized spacial score (nSPS) is 11.2. The number of benzene rings is 2. The molecule has 0 unspecified atom stereocenters. The summed E-state index contributed by atoms with van der Waals surface area (Å²) in [6.07, 6.45) is 0. The van der Waals surface area contributed by atoms with Crippen LogP contribution >= 0.6 is 23.1 Å². The third-order valence-corrected chi connectivity index (χ3v) is 6.21. The van der Waals surface area contributed by atoms with Gasteiger partial charge in [-0.05, 0) is 36.1 Å². The van der Waals surface area contributed by atoms with E-state index < -0.39 is 0 Å². The number of likely N-dealkylation sites (N-methyl/N-ethyl adjacent to an activating group) is 1. The summed E-state index contributed by atoms with van der Waals surface area (Å²) in [7, 11) is 5.81. The van der Waals surface area contributed by atoms with Gasteiger partial charge in [0.15, 0.2) is 5.13 Å². The van der Waals surface area contributed by atoms with Gasteiger partial charge in [0.2, 0.25) is 0 Å². The minimum absolute atomic E-state index is 0.0159. The number of amides is 1. The number of carbonyl (C=O) groups is 1. The number of aromatic nitrogens is 1. The number of carbonyl (C=O) groups excluding carboxylic acids is 1. The Kier molecular flexibility index (Phi) is 6.93. The van der Waals surface area contributed by atoms with Crippen molar-refractivity contribution in [2.75, 3.05) is 44.9 Å². The van der Waals surface area contributed by atoms with Crippen molar-refractivity contribution < 1.29 is 14.4 Å². The fourth-order valence-corrected chi connectivity index (χ4v) is 4.58. The summed E-state index contributed by atoms with van der Waals surface area (Å²) in [5.41, 5.74) is 1.49. The lowest BCUT2D eigenvalue weighted by atomic mass is 10.2. The van der Waals surface area contributed by atoms with Crippen molar-refractivity contribution in [3.05, 3.63) is 48.0 Å².